The first kappa shape index (κ1) is 14.9. The van der Waals surface area contributed by atoms with Crippen LogP contribution < -0.4 is 14.8 Å². The molecule has 1 aliphatic carbocycles. The Balaban J connectivity index is 1.82. The maximum atomic E-state index is 5.81. The minimum absolute atomic E-state index is 0.676. The van der Waals surface area contributed by atoms with Crippen molar-refractivity contribution in [3.05, 3.63) is 29.8 Å². The quantitative estimate of drug-likeness (QED) is 0.771. The van der Waals surface area contributed by atoms with Gasteiger partial charge >= 0.3 is 0 Å². The van der Waals surface area contributed by atoms with Gasteiger partial charge in [-0.2, -0.15) is 0 Å². The van der Waals surface area contributed by atoms with Crippen molar-refractivity contribution in [3.63, 3.8) is 0 Å². The summed E-state index contributed by atoms with van der Waals surface area (Å²) >= 11 is 0. The number of allylic oxidation sites excluding steroid dienone is 1. The SMILES string of the molecule is CC=Cc1ccc(OCCNC2CCCC2)c(OC)c1. The first-order chi connectivity index (χ1) is 9.83. The van der Waals surface area contributed by atoms with Crippen molar-refractivity contribution in [3.8, 4) is 11.5 Å². The number of ether oxygens (including phenoxy) is 2. The molecule has 3 nitrogen and oxygen atoms in total. The highest BCUT2D eigenvalue weighted by atomic mass is 16.5. The van der Waals surface area contributed by atoms with E-state index in [0.29, 0.717) is 12.6 Å². The van der Waals surface area contributed by atoms with Gasteiger partial charge in [-0.25, -0.2) is 0 Å². The molecule has 0 heterocycles. The lowest BCUT2D eigenvalue weighted by molar-refractivity contribution is 0.286. The van der Waals surface area contributed by atoms with Crippen LogP contribution in [0.25, 0.3) is 6.08 Å². The Kier molecular flexibility index (Phi) is 5.93. The molecular weight excluding hydrogens is 250 g/mol. The summed E-state index contributed by atoms with van der Waals surface area (Å²) in [5.74, 6) is 1.61. The van der Waals surface area contributed by atoms with Crippen molar-refractivity contribution in [1.29, 1.82) is 0 Å². The highest BCUT2D eigenvalue weighted by Crippen LogP contribution is 2.28. The van der Waals surface area contributed by atoms with E-state index < -0.39 is 0 Å². The molecule has 20 heavy (non-hydrogen) atoms. The van der Waals surface area contributed by atoms with E-state index in [4.69, 9.17) is 9.47 Å². The molecule has 0 atom stereocenters. The van der Waals surface area contributed by atoms with E-state index >= 15 is 0 Å². The van der Waals surface area contributed by atoms with Gasteiger partial charge in [-0.15, -0.1) is 0 Å². The normalized spacial score (nSPS) is 15.9. The molecule has 2 rings (SSSR count). The fourth-order valence-electron chi connectivity index (χ4n) is 2.65. The molecule has 110 valence electrons. The largest absolute Gasteiger partial charge is 0.493 e. The molecule has 1 aliphatic rings. The van der Waals surface area contributed by atoms with E-state index in [1.807, 2.05) is 37.3 Å². The topological polar surface area (TPSA) is 30.5 Å². The lowest BCUT2D eigenvalue weighted by atomic mass is 10.2. The third kappa shape index (κ3) is 4.27. The number of hydrogen-bond donors (Lipinski definition) is 1. The lowest BCUT2D eigenvalue weighted by Crippen LogP contribution is -2.30. The monoisotopic (exact) mass is 275 g/mol. The van der Waals surface area contributed by atoms with E-state index in [-0.39, 0.29) is 0 Å². The maximum absolute atomic E-state index is 5.81. The van der Waals surface area contributed by atoms with E-state index in [1.54, 1.807) is 7.11 Å². The molecule has 0 amide bonds. The van der Waals surface area contributed by atoms with Crippen LogP contribution in [0.1, 0.15) is 38.2 Å². The number of hydrogen-bond acceptors (Lipinski definition) is 3. The lowest BCUT2D eigenvalue weighted by Gasteiger charge is -2.14. The summed E-state index contributed by atoms with van der Waals surface area (Å²) < 4.78 is 11.2. The van der Waals surface area contributed by atoms with Gasteiger partial charge in [-0.05, 0) is 37.5 Å². The summed E-state index contributed by atoms with van der Waals surface area (Å²) in [6.45, 7) is 3.58. The van der Waals surface area contributed by atoms with Crippen LogP contribution in [0.4, 0.5) is 0 Å². The second kappa shape index (κ2) is 7.95. The average Bonchev–Trinajstić information content (AvgIpc) is 2.98. The van der Waals surface area contributed by atoms with Gasteiger partial charge in [0.2, 0.25) is 0 Å². The summed E-state index contributed by atoms with van der Waals surface area (Å²) in [4.78, 5) is 0. The third-order valence-corrected chi connectivity index (χ3v) is 3.69. The fraction of sp³-hybridized carbons (Fsp3) is 0.529. The van der Waals surface area contributed by atoms with Crippen molar-refractivity contribution in [2.75, 3.05) is 20.3 Å². The van der Waals surface area contributed by atoms with Crippen LogP contribution in [-0.2, 0) is 0 Å². The van der Waals surface area contributed by atoms with Gasteiger partial charge in [0, 0.05) is 12.6 Å². The average molecular weight is 275 g/mol. The predicted octanol–water partition coefficient (Wildman–Crippen LogP) is 3.64. The van der Waals surface area contributed by atoms with E-state index in [0.717, 1.165) is 23.6 Å². The minimum atomic E-state index is 0.676. The van der Waals surface area contributed by atoms with Gasteiger partial charge in [0.1, 0.15) is 6.61 Å². The molecule has 0 unspecified atom stereocenters. The Bertz CT molecular complexity index is 437. The van der Waals surface area contributed by atoms with Crippen LogP contribution in [-0.4, -0.2) is 26.3 Å². The van der Waals surface area contributed by atoms with Crippen LogP contribution in [0.5, 0.6) is 11.5 Å². The molecule has 1 aromatic rings. The molecule has 0 spiro atoms. The van der Waals surface area contributed by atoms with Crippen molar-refractivity contribution in [2.24, 2.45) is 0 Å². The zero-order valence-electron chi connectivity index (χ0n) is 12.5. The van der Waals surface area contributed by atoms with E-state index in [1.165, 1.54) is 25.7 Å². The second-order valence-corrected chi connectivity index (χ2v) is 5.19. The molecule has 0 bridgehead atoms. The standard InChI is InChI=1S/C17H25NO2/c1-3-6-14-9-10-16(17(13-14)19-2)20-12-11-18-15-7-4-5-8-15/h3,6,9-10,13,15,18H,4-5,7-8,11-12H2,1-2H3. The van der Waals surface area contributed by atoms with Crippen LogP contribution in [0, 0.1) is 0 Å². The van der Waals surface area contributed by atoms with Crippen LogP contribution in [0.15, 0.2) is 24.3 Å². The summed E-state index contributed by atoms with van der Waals surface area (Å²) in [6.07, 6.45) is 9.40. The van der Waals surface area contributed by atoms with Crippen molar-refractivity contribution >= 4 is 6.08 Å². The summed E-state index contributed by atoms with van der Waals surface area (Å²) in [6, 6.07) is 6.71. The van der Waals surface area contributed by atoms with E-state index in [9.17, 15) is 0 Å². The third-order valence-electron chi connectivity index (χ3n) is 3.69. The van der Waals surface area contributed by atoms with Crippen molar-refractivity contribution < 1.29 is 9.47 Å². The molecule has 3 heteroatoms. The number of benzene rings is 1. The Morgan fingerprint density at radius 2 is 2.05 bits per heavy atom. The van der Waals surface area contributed by atoms with Crippen LogP contribution in [0.2, 0.25) is 0 Å². The number of nitrogens with one attached hydrogen (secondary N) is 1. The van der Waals surface area contributed by atoms with Gasteiger partial charge < -0.3 is 14.8 Å². The molecule has 0 saturated heterocycles. The zero-order chi connectivity index (χ0) is 14.2. The van der Waals surface area contributed by atoms with Crippen LogP contribution in [0.3, 0.4) is 0 Å². The molecular formula is C17H25NO2. The predicted molar refractivity (Wildman–Crippen MR) is 83.5 cm³/mol. The first-order valence-electron chi connectivity index (χ1n) is 7.50. The minimum Gasteiger partial charge on any atom is -0.493 e. The van der Waals surface area contributed by atoms with Gasteiger partial charge in [0.05, 0.1) is 7.11 Å². The molecule has 1 saturated carbocycles. The summed E-state index contributed by atoms with van der Waals surface area (Å²) in [7, 11) is 1.68. The fourth-order valence-corrected chi connectivity index (χ4v) is 2.65. The molecule has 1 aromatic carbocycles. The summed E-state index contributed by atoms with van der Waals surface area (Å²) in [5.41, 5.74) is 1.13. The Labute approximate surface area is 122 Å². The molecule has 0 aromatic heterocycles. The molecule has 1 N–H and O–H groups in total. The molecule has 0 radical (unpaired) electrons. The smallest absolute Gasteiger partial charge is 0.161 e. The van der Waals surface area contributed by atoms with Crippen molar-refractivity contribution in [2.45, 2.75) is 38.6 Å². The van der Waals surface area contributed by atoms with Gasteiger partial charge in [-0.3, -0.25) is 0 Å². The first-order valence-corrected chi connectivity index (χ1v) is 7.50. The molecule has 0 aliphatic heterocycles. The Hall–Kier alpha value is -1.48. The van der Waals surface area contributed by atoms with Crippen molar-refractivity contribution in [1.82, 2.24) is 5.32 Å². The maximum Gasteiger partial charge on any atom is 0.161 e. The number of methoxy groups -OCH3 is 1. The van der Waals surface area contributed by atoms with Gasteiger partial charge in [0.25, 0.3) is 0 Å². The highest BCUT2D eigenvalue weighted by Gasteiger charge is 2.13. The number of rotatable bonds is 7. The Morgan fingerprint density at radius 1 is 1.25 bits per heavy atom. The molecule has 1 fully saturated rings. The second-order valence-electron chi connectivity index (χ2n) is 5.19. The highest BCUT2D eigenvalue weighted by molar-refractivity contribution is 5.55. The Morgan fingerprint density at radius 3 is 2.75 bits per heavy atom. The van der Waals surface area contributed by atoms with E-state index in [2.05, 4.69) is 5.32 Å². The summed E-state index contributed by atoms with van der Waals surface area (Å²) in [5, 5.41) is 3.54. The zero-order valence-corrected chi connectivity index (χ0v) is 12.5. The van der Waals surface area contributed by atoms with Gasteiger partial charge in [-0.1, -0.05) is 31.1 Å². The van der Waals surface area contributed by atoms with Crippen LogP contribution >= 0.6 is 0 Å². The van der Waals surface area contributed by atoms with Gasteiger partial charge in [0.15, 0.2) is 11.5 Å².